The van der Waals surface area contributed by atoms with Crippen LogP contribution in [-0.2, 0) is 17.9 Å². The van der Waals surface area contributed by atoms with E-state index in [-0.39, 0.29) is 18.4 Å². The molecule has 5 rings (SSSR count). The van der Waals surface area contributed by atoms with Crippen LogP contribution in [0.4, 0.5) is 5.69 Å². The first-order valence-corrected chi connectivity index (χ1v) is 12.6. The van der Waals surface area contributed by atoms with Crippen LogP contribution in [0.3, 0.4) is 0 Å². The van der Waals surface area contributed by atoms with Gasteiger partial charge in [0, 0.05) is 17.3 Å². The Morgan fingerprint density at radius 2 is 1.91 bits per heavy atom. The van der Waals surface area contributed by atoms with E-state index in [0.29, 0.717) is 22.9 Å². The molecule has 0 aliphatic carbocycles. The van der Waals surface area contributed by atoms with E-state index in [9.17, 15) is 9.59 Å². The lowest BCUT2D eigenvalue weighted by atomic mass is 9.93. The number of aromatic nitrogens is 2. The zero-order valence-electron chi connectivity index (χ0n) is 19.7. The number of anilines is 1. The van der Waals surface area contributed by atoms with Crippen LogP contribution in [0.15, 0.2) is 66.0 Å². The summed E-state index contributed by atoms with van der Waals surface area (Å²) in [4.78, 5) is 30.2. The number of carbonyl (C=O) groups is 2. The van der Waals surface area contributed by atoms with E-state index in [1.807, 2.05) is 61.7 Å². The first-order chi connectivity index (χ1) is 16.8. The van der Waals surface area contributed by atoms with Crippen molar-refractivity contribution in [2.24, 2.45) is 0 Å². The minimum Gasteiger partial charge on any atom is -0.350 e. The van der Waals surface area contributed by atoms with Gasteiger partial charge in [-0.05, 0) is 61.5 Å². The number of rotatable bonds is 5. The molecule has 0 saturated carbocycles. The Bertz CT molecular complexity index is 1410. The summed E-state index contributed by atoms with van der Waals surface area (Å²) in [6.45, 7) is 6.24. The van der Waals surface area contributed by atoms with Crippen LogP contribution in [-0.4, -0.2) is 27.1 Å². The molecule has 8 heteroatoms. The summed E-state index contributed by atoms with van der Waals surface area (Å²) < 4.78 is 1.65. The van der Waals surface area contributed by atoms with Gasteiger partial charge in [-0.1, -0.05) is 53.6 Å². The van der Waals surface area contributed by atoms with Gasteiger partial charge in [0.1, 0.15) is 16.9 Å². The third-order valence-electron chi connectivity index (χ3n) is 6.47. The highest BCUT2D eigenvalue weighted by Gasteiger charge is 2.49. The number of nitrogens with one attached hydrogen (secondary N) is 1. The molecular formula is C27H25ClN4O2S. The lowest BCUT2D eigenvalue weighted by Crippen LogP contribution is -2.64. The molecule has 1 aliphatic heterocycles. The van der Waals surface area contributed by atoms with Crippen LogP contribution < -0.4 is 10.2 Å². The van der Waals surface area contributed by atoms with Gasteiger partial charge in [0.05, 0.1) is 11.4 Å². The topological polar surface area (TPSA) is 67.2 Å². The molecular weight excluding hydrogens is 480 g/mol. The number of fused-ring (bicyclic) bond motifs is 1. The van der Waals surface area contributed by atoms with Crippen molar-refractivity contribution in [2.75, 3.05) is 4.90 Å². The Morgan fingerprint density at radius 1 is 1.14 bits per heavy atom. The van der Waals surface area contributed by atoms with Gasteiger partial charge in [-0.25, -0.2) is 0 Å². The third kappa shape index (κ3) is 4.15. The van der Waals surface area contributed by atoms with Crippen LogP contribution in [0.2, 0.25) is 5.02 Å². The van der Waals surface area contributed by atoms with Gasteiger partial charge in [0.2, 0.25) is 5.91 Å². The standard InChI is InChI=1S/C27H25ClN4O2S/c1-17-9-11-19(12-10-17)15-29-26(34)27(3)16-31-23(14-21(30-31)24-8-5-13-35-24)25(33)32(27)22-7-4-6-20(28)18(22)2/h4-14H,15-16H2,1-3H3,(H,29,34)/t27-/m0/s1. The van der Waals surface area contributed by atoms with Gasteiger partial charge in [-0.2, -0.15) is 5.10 Å². The second-order valence-electron chi connectivity index (χ2n) is 9.02. The monoisotopic (exact) mass is 504 g/mol. The van der Waals surface area contributed by atoms with Crippen LogP contribution in [0.1, 0.15) is 34.1 Å². The summed E-state index contributed by atoms with van der Waals surface area (Å²) in [6, 6.07) is 19.1. The highest BCUT2D eigenvalue weighted by molar-refractivity contribution is 7.13. The number of aryl methyl sites for hydroxylation is 1. The molecule has 1 atom stereocenters. The van der Waals surface area contributed by atoms with Crippen LogP contribution >= 0.6 is 22.9 Å². The number of thiophene rings is 1. The van der Waals surface area contributed by atoms with Gasteiger partial charge in [0.15, 0.2) is 0 Å². The van der Waals surface area contributed by atoms with Crippen LogP contribution in [0.5, 0.6) is 0 Å². The molecule has 0 saturated heterocycles. The van der Waals surface area contributed by atoms with E-state index in [0.717, 1.165) is 27.3 Å². The van der Waals surface area contributed by atoms with Crippen molar-refractivity contribution in [2.45, 2.75) is 39.4 Å². The average molecular weight is 505 g/mol. The van der Waals surface area contributed by atoms with E-state index in [1.54, 1.807) is 46.0 Å². The fraction of sp³-hybridized carbons (Fsp3) is 0.222. The fourth-order valence-corrected chi connectivity index (χ4v) is 5.27. The molecule has 178 valence electrons. The zero-order chi connectivity index (χ0) is 24.7. The number of hydrogen-bond donors (Lipinski definition) is 1. The second-order valence-corrected chi connectivity index (χ2v) is 10.4. The molecule has 2 aromatic carbocycles. The summed E-state index contributed by atoms with van der Waals surface area (Å²) in [5.41, 5.74) is 3.43. The van der Waals surface area contributed by atoms with E-state index >= 15 is 0 Å². The normalized spacial score (nSPS) is 17.4. The van der Waals surface area contributed by atoms with Crippen LogP contribution in [0, 0.1) is 13.8 Å². The molecule has 3 heterocycles. The van der Waals surface area contributed by atoms with Gasteiger partial charge < -0.3 is 5.32 Å². The highest BCUT2D eigenvalue weighted by Crippen LogP contribution is 2.38. The number of nitrogens with zero attached hydrogens (tertiary/aromatic N) is 3. The van der Waals surface area contributed by atoms with Crippen molar-refractivity contribution < 1.29 is 9.59 Å². The maximum absolute atomic E-state index is 13.9. The Kier molecular flexibility index (Phi) is 5.99. The number of amides is 2. The lowest BCUT2D eigenvalue weighted by molar-refractivity contribution is -0.126. The largest absolute Gasteiger partial charge is 0.350 e. The summed E-state index contributed by atoms with van der Waals surface area (Å²) in [6.07, 6.45) is 0. The molecule has 0 unspecified atom stereocenters. The maximum atomic E-state index is 13.9. The molecule has 4 aromatic rings. The molecule has 1 aliphatic rings. The van der Waals surface area contributed by atoms with Gasteiger partial charge >= 0.3 is 0 Å². The predicted molar refractivity (Wildman–Crippen MR) is 140 cm³/mol. The third-order valence-corrected chi connectivity index (χ3v) is 7.77. The molecule has 1 N–H and O–H groups in total. The Morgan fingerprint density at radius 3 is 2.63 bits per heavy atom. The second kappa shape index (κ2) is 8.98. The Hall–Kier alpha value is -3.42. The van der Waals surface area contributed by atoms with Crippen LogP contribution in [0.25, 0.3) is 10.6 Å². The smallest absolute Gasteiger partial charge is 0.277 e. The Labute approximate surface area is 213 Å². The summed E-state index contributed by atoms with van der Waals surface area (Å²) >= 11 is 7.98. The van der Waals surface area contributed by atoms with Crippen molar-refractivity contribution in [3.05, 3.63) is 93.5 Å². The molecule has 0 bridgehead atoms. The molecule has 0 fully saturated rings. The fourth-order valence-electron chi connectivity index (χ4n) is 4.42. The van der Waals surface area contributed by atoms with Gasteiger partial charge in [-0.3, -0.25) is 19.2 Å². The lowest BCUT2D eigenvalue weighted by Gasteiger charge is -2.43. The minimum absolute atomic E-state index is 0.213. The number of benzene rings is 2. The molecule has 2 aromatic heterocycles. The van der Waals surface area contributed by atoms with E-state index < -0.39 is 5.54 Å². The van der Waals surface area contributed by atoms with E-state index in [2.05, 4.69) is 5.32 Å². The molecule has 2 amide bonds. The zero-order valence-corrected chi connectivity index (χ0v) is 21.3. The maximum Gasteiger partial charge on any atom is 0.277 e. The molecule has 6 nitrogen and oxygen atoms in total. The summed E-state index contributed by atoms with van der Waals surface area (Å²) in [5, 5.41) is 10.2. The SMILES string of the molecule is Cc1ccc(CNC(=O)[C@]2(C)Cn3nc(-c4cccs4)cc3C(=O)N2c2cccc(Cl)c2C)cc1. The molecule has 35 heavy (non-hydrogen) atoms. The van der Waals surface area contributed by atoms with E-state index in [1.165, 1.54) is 0 Å². The molecule has 0 spiro atoms. The van der Waals surface area contributed by atoms with Crippen molar-refractivity contribution in [3.8, 4) is 10.6 Å². The predicted octanol–water partition coefficient (Wildman–Crippen LogP) is 5.62. The first kappa shape index (κ1) is 23.3. The summed E-state index contributed by atoms with van der Waals surface area (Å²) in [5.74, 6) is -0.547. The quantitative estimate of drug-likeness (QED) is 0.383. The van der Waals surface area contributed by atoms with Crippen molar-refractivity contribution in [1.29, 1.82) is 0 Å². The summed E-state index contributed by atoms with van der Waals surface area (Å²) in [7, 11) is 0. The highest BCUT2D eigenvalue weighted by atomic mass is 35.5. The number of halogens is 1. The van der Waals surface area contributed by atoms with Gasteiger partial charge in [-0.15, -0.1) is 11.3 Å². The van der Waals surface area contributed by atoms with Crippen molar-refractivity contribution >= 4 is 40.4 Å². The average Bonchev–Trinajstić information content (AvgIpc) is 3.51. The van der Waals surface area contributed by atoms with Crippen molar-refractivity contribution in [3.63, 3.8) is 0 Å². The van der Waals surface area contributed by atoms with Crippen molar-refractivity contribution in [1.82, 2.24) is 15.1 Å². The molecule has 0 radical (unpaired) electrons. The first-order valence-electron chi connectivity index (χ1n) is 11.3. The number of carbonyl (C=O) groups excluding carboxylic acids is 2. The van der Waals surface area contributed by atoms with E-state index in [4.69, 9.17) is 16.7 Å². The minimum atomic E-state index is -1.22. The van der Waals surface area contributed by atoms with Gasteiger partial charge in [0.25, 0.3) is 5.91 Å². The Balaban J connectivity index is 1.56. The number of hydrogen-bond acceptors (Lipinski definition) is 4.